The lowest BCUT2D eigenvalue weighted by Gasteiger charge is -2.12. The third kappa shape index (κ3) is 3.61. The van der Waals surface area contributed by atoms with Gasteiger partial charge in [0, 0.05) is 12.0 Å². The molecule has 1 nitrogen and oxygen atoms in total. The van der Waals surface area contributed by atoms with Crippen LogP contribution in [0.15, 0.2) is 42.5 Å². The fraction of sp³-hybridized carbons (Fsp3) is 0.250. The molecule has 1 N–H and O–H groups in total. The van der Waals surface area contributed by atoms with Gasteiger partial charge < -0.3 is 5.11 Å². The third-order valence-electron chi connectivity index (χ3n) is 3.06. The Bertz CT molecular complexity index is 546. The minimum Gasteiger partial charge on any atom is -0.392 e. The second-order valence-corrected chi connectivity index (χ2v) is 4.75. The maximum atomic E-state index is 13.5. The molecule has 0 bridgehead atoms. The van der Waals surface area contributed by atoms with E-state index in [2.05, 4.69) is 0 Å². The summed E-state index contributed by atoms with van der Waals surface area (Å²) >= 11 is 0. The van der Waals surface area contributed by atoms with Crippen molar-refractivity contribution >= 4 is 0 Å². The number of rotatable bonds is 4. The Balaban J connectivity index is 2.07. The maximum absolute atomic E-state index is 13.5. The van der Waals surface area contributed by atoms with Crippen molar-refractivity contribution in [3.8, 4) is 0 Å². The fourth-order valence-electron chi connectivity index (χ4n) is 2.15. The molecular weight excluding hydrogens is 246 g/mol. The highest BCUT2D eigenvalue weighted by molar-refractivity contribution is 5.24. The van der Waals surface area contributed by atoms with Crippen LogP contribution < -0.4 is 0 Å². The van der Waals surface area contributed by atoms with Crippen molar-refractivity contribution in [3.05, 3.63) is 70.8 Å². The van der Waals surface area contributed by atoms with Crippen LogP contribution in [-0.2, 0) is 12.8 Å². The normalized spacial score (nSPS) is 12.4. The molecule has 2 rings (SSSR count). The molecule has 2 aromatic carbocycles. The molecule has 0 radical (unpaired) electrons. The summed E-state index contributed by atoms with van der Waals surface area (Å²) in [6.45, 7) is 1.96. The molecule has 0 saturated carbocycles. The number of aryl methyl sites for hydroxylation is 1. The Morgan fingerprint density at radius 3 is 2.26 bits per heavy atom. The van der Waals surface area contributed by atoms with Gasteiger partial charge in [-0.15, -0.1) is 0 Å². The molecule has 0 saturated heterocycles. The summed E-state index contributed by atoms with van der Waals surface area (Å²) in [7, 11) is 0. The number of hydrogen-bond donors (Lipinski definition) is 1. The van der Waals surface area contributed by atoms with Gasteiger partial charge in [0.2, 0.25) is 0 Å². The van der Waals surface area contributed by atoms with Crippen molar-refractivity contribution in [2.75, 3.05) is 0 Å². The van der Waals surface area contributed by atoms with Crippen LogP contribution in [0.25, 0.3) is 0 Å². The first-order chi connectivity index (χ1) is 9.06. The predicted octanol–water partition coefficient (Wildman–Crippen LogP) is 3.42. The quantitative estimate of drug-likeness (QED) is 0.895. The monoisotopic (exact) mass is 262 g/mol. The van der Waals surface area contributed by atoms with Crippen molar-refractivity contribution in [2.24, 2.45) is 0 Å². The standard InChI is InChI=1S/C16H16F2O/c1-11-4-2-5-12(8-11)9-13(19)10-14-15(17)6-3-7-16(14)18/h2-8,13,19H,9-10H2,1H3. The molecule has 1 unspecified atom stereocenters. The van der Waals surface area contributed by atoms with Crippen LogP contribution in [-0.4, -0.2) is 11.2 Å². The lowest BCUT2D eigenvalue weighted by atomic mass is 9.99. The van der Waals surface area contributed by atoms with E-state index < -0.39 is 17.7 Å². The molecule has 1 atom stereocenters. The Morgan fingerprint density at radius 2 is 1.63 bits per heavy atom. The highest BCUT2D eigenvalue weighted by Crippen LogP contribution is 2.16. The topological polar surface area (TPSA) is 20.2 Å². The molecule has 0 aliphatic heterocycles. The van der Waals surface area contributed by atoms with E-state index in [0.29, 0.717) is 6.42 Å². The van der Waals surface area contributed by atoms with Crippen LogP contribution >= 0.6 is 0 Å². The number of aliphatic hydroxyl groups is 1. The zero-order chi connectivity index (χ0) is 13.8. The summed E-state index contributed by atoms with van der Waals surface area (Å²) in [5, 5.41) is 9.96. The SMILES string of the molecule is Cc1cccc(CC(O)Cc2c(F)cccc2F)c1. The molecule has 2 aromatic rings. The Hall–Kier alpha value is -1.74. The molecule has 19 heavy (non-hydrogen) atoms. The van der Waals surface area contributed by atoms with Gasteiger partial charge in [0.1, 0.15) is 11.6 Å². The molecule has 3 heteroatoms. The van der Waals surface area contributed by atoms with Crippen LogP contribution in [0.2, 0.25) is 0 Å². The van der Waals surface area contributed by atoms with Crippen LogP contribution in [0.4, 0.5) is 8.78 Å². The van der Waals surface area contributed by atoms with Gasteiger partial charge in [0.15, 0.2) is 0 Å². The minimum atomic E-state index is -0.798. The van der Waals surface area contributed by atoms with Crippen molar-refractivity contribution in [3.63, 3.8) is 0 Å². The first kappa shape index (κ1) is 13.7. The van der Waals surface area contributed by atoms with Gasteiger partial charge in [-0.05, 0) is 31.0 Å². The van der Waals surface area contributed by atoms with Crippen LogP contribution in [0.1, 0.15) is 16.7 Å². The van der Waals surface area contributed by atoms with Gasteiger partial charge in [-0.2, -0.15) is 0 Å². The lowest BCUT2D eigenvalue weighted by molar-refractivity contribution is 0.172. The number of benzene rings is 2. The van der Waals surface area contributed by atoms with E-state index in [4.69, 9.17) is 0 Å². The van der Waals surface area contributed by atoms with E-state index in [9.17, 15) is 13.9 Å². The molecule has 0 amide bonds. The third-order valence-corrected chi connectivity index (χ3v) is 3.06. The van der Waals surface area contributed by atoms with Crippen molar-refractivity contribution < 1.29 is 13.9 Å². The Kier molecular flexibility index (Phi) is 4.27. The number of halogens is 2. The van der Waals surface area contributed by atoms with Crippen molar-refractivity contribution in [2.45, 2.75) is 25.9 Å². The Morgan fingerprint density at radius 1 is 1.00 bits per heavy atom. The molecule has 100 valence electrons. The summed E-state index contributed by atoms with van der Waals surface area (Å²) in [5.41, 5.74) is 2.01. The second kappa shape index (κ2) is 5.93. The second-order valence-electron chi connectivity index (χ2n) is 4.75. The molecular formula is C16H16F2O. The minimum absolute atomic E-state index is 0.0214. The van der Waals surface area contributed by atoms with Gasteiger partial charge >= 0.3 is 0 Å². The summed E-state index contributed by atoms with van der Waals surface area (Å²) in [6, 6.07) is 11.5. The first-order valence-electron chi connectivity index (χ1n) is 6.23. The van der Waals surface area contributed by atoms with Crippen LogP contribution in [0.3, 0.4) is 0 Å². The maximum Gasteiger partial charge on any atom is 0.129 e. The van der Waals surface area contributed by atoms with Crippen molar-refractivity contribution in [1.82, 2.24) is 0 Å². The average molecular weight is 262 g/mol. The van der Waals surface area contributed by atoms with E-state index in [1.807, 2.05) is 31.2 Å². The summed E-state index contributed by atoms with van der Waals surface area (Å²) in [6.07, 6.45) is -0.435. The first-order valence-corrected chi connectivity index (χ1v) is 6.23. The Labute approximate surface area is 111 Å². The van der Waals surface area contributed by atoms with E-state index in [1.165, 1.54) is 18.2 Å². The largest absolute Gasteiger partial charge is 0.392 e. The highest BCUT2D eigenvalue weighted by atomic mass is 19.1. The van der Waals surface area contributed by atoms with E-state index in [-0.39, 0.29) is 12.0 Å². The molecule has 0 fully saturated rings. The van der Waals surface area contributed by atoms with Gasteiger partial charge in [-0.3, -0.25) is 0 Å². The summed E-state index contributed by atoms with van der Waals surface area (Å²) < 4.78 is 26.9. The van der Waals surface area contributed by atoms with Crippen LogP contribution in [0, 0.1) is 18.6 Å². The van der Waals surface area contributed by atoms with Crippen LogP contribution in [0.5, 0.6) is 0 Å². The zero-order valence-electron chi connectivity index (χ0n) is 10.7. The average Bonchev–Trinajstić information content (AvgIpc) is 2.34. The fourth-order valence-corrected chi connectivity index (χ4v) is 2.15. The molecule has 0 aliphatic rings. The summed E-state index contributed by atoms with van der Waals surface area (Å²) in [4.78, 5) is 0. The molecule has 0 aromatic heterocycles. The molecule has 0 spiro atoms. The molecule has 0 aliphatic carbocycles. The van der Waals surface area contributed by atoms with Gasteiger partial charge in [-0.25, -0.2) is 8.78 Å². The lowest BCUT2D eigenvalue weighted by Crippen LogP contribution is -2.16. The molecule has 0 heterocycles. The zero-order valence-corrected chi connectivity index (χ0v) is 10.7. The number of aliphatic hydroxyl groups excluding tert-OH is 1. The van der Waals surface area contributed by atoms with E-state index in [0.717, 1.165) is 11.1 Å². The smallest absolute Gasteiger partial charge is 0.129 e. The summed E-state index contributed by atoms with van der Waals surface area (Å²) in [5.74, 6) is -1.22. The van der Waals surface area contributed by atoms with E-state index >= 15 is 0 Å². The highest BCUT2D eigenvalue weighted by Gasteiger charge is 2.14. The van der Waals surface area contributed by atoms with Crippen molar-refractivity contribution in [1.29, 1.82) is 0 Å². The number of hydrogen-bond acceptors (Lipinski definition) is 1. The predicted molar refractivity (Wildman–Crippen MR) is 71.0 cm³/mol. The van der Waals surface area contributed by atoms with Gasteiger partial charge in [0.25, 0.3) is 0 Å². The van der Waals surface area contributed by atoms with Gasteiger partial charge in [0.05, 0.1) is 6.10 Å². The van der Waals surface area contributed by atoms with Gasteiger partial charge in [-0.1, -0.05) is 35.9 Å². The van der Waals surface area contributed by atoms with E-state index in [1.54, 1.807) is 0 Å².